The van der Waals surface area contributed by atoms with Gasteiger partial charge in [0, 0.05) is 11.4 Å². The molecule has 0 spiro atoms. The lowest BCUT2D eigenvalue weighted by molar-refractivity contribution is -0.118. The molecule has 0 saturated carbocycles. The number of benzene rings is 2. The standard InChI is InChI=1S/C16H18N2O3/c1-11-2-5-13(8-15(11)17)18-16(20)10-21-14-6-3-12(9-19)4-7-14/h2-8,19H,9-10,17H2,1H3,(H,18,20). The number of hydrogen-bond donors (Lipinski definition) is 3. The zero-order chi connectivity index (χ0) is 15.2. The highest BCUT2D eigenvalue weighted by Gasteiger charge is 2.05. The fraction of sp³-hybridized carbons (Fsp3) is 0.188. The molecule has 0 fully saturated rings. The number of nitrogens with two attached hydrogens (primary N) is 1. The Balaban J connectivity index is 1.87. The first-order valence-corrected chi connectivity index (χ1v) is 6.57. The van der Waals surface area contributed by atoms with Crippen LogP contribution in [0, 0.1) is 6.92 Å². The van der Waals surface area contributed by atoms with Crippen LogP contribution in [0.1, 0.15) is 11.1 Å². The van der Waals surface area contributed by atoms with E-state index in [1.807, 2.05) is 13.0 Å². The molecule has 0 aliphatic rings. The van der Waals surface area contributed by atoms with Gasteiger partial charge in [0.2, 0.25) is 0 Å². The maximum atomic E-state index is 11.8. The molecule has 0 unspecified atom stereocenters. The van der Waals surface area contributed by atoms with Gasteiger partial charge in [0.25, 0.3) is 5.91 Å². The number of carbonyl (C=O) groups is 1. The molecule has 0 heterocycles. The van der Waals surface area contributed by atoms with Crippen molar-refractivity contribution in [2.45, 2.75) is 13.5 Å². The molecule has 4 N–H and O–H groups in total. The molecule has 0 aromatic heterocycles. The smallest absolute Gasteiger partial charge is 0.262 e. The summed E-state index contributed by atoms with van der Waals surface area (Å²) >= 11 is 0. The van der Waals surface area contributed by atoms with Crippen LogP contribution in [-0.4, -0.2) is 17.6 Å². The average molecular weight is 286 g/mol. The zero-order valence-electron chi connectivity index (χ0n) is 11.8. The van der Waals surface area contributed by atoms with Crippen molar-refractivity contribution < 1.29 is 14.6 Å². The molecule has 0 aliphatic heterocycles. The molecular weight excluding hydrogens is 268 g/mol. The monoisotopic (exact) mass is 286 g/mol. The minimum absolute atomic E-state index is 0.0182. The van der Waals surface area contributed by atoms with Crippen molar-refractivity contribution >= 4 is 17.3 Å². The number of ether oxygens (including phenoxy) is 1. The van der Waals surface area contributed by atoms with E-state index in [1.54, 1.807) is 36.4 Å². The summed E-state index contributed by atoms with van der Waals surface area (Å²) in [6.45, 7) is 1.79. The first kappa shape index (κ1) is 14.9. The van der Waals surface area contributed by atoms with Gasteiger partial charge in [0.1, 0.15) is 5.75 Å². The highest BCUT2D eigenvalue weighted by molar-refractivity contribution is 5.92. The summed E-state index contributed by atoms with van der Waals surface area (Å²) in [4.78, 5) is 11.8. The van der Waals surface area contributed by atoms with Gasteiger partial charge >= 0.3 is 0 Å². The third-order valence-corrected chi connectivity index (χ3v) is 3.04. The third kappa shape index (κ3) is 4.22. The molecule has 5 heteroatoms. The van der Waals surface area contributed by atoms with E-state index < -0.39 is 0 Å². The van der Waals surface area contributed by atoms with Crippen molar-refractivity contribution in [1.82, 2.24) is 0 Å². The minimum atomic E-state index is -0.260. The van der Waals surface area contributed by atoms with Gasteiger partial charge in [-0.1, -0.05) is 18.2 Å². The summed E-state index contributed by atoms with van der Waals surface area (Å²) in [5, 5.41) is 11.7. The molecular formula is C16H18N2O3. The normalized spacial score (nSPS) is 10.2. The van der Waals surface area contributed by atoms with Gasteiger partial charge in [-0.25, -0.2) is 0 Å². The predicted octanol–water partition coefficient (Wildman–Crippen LogP) is 2.09. The van der Waals surface area contributed by atoms with Crippen LogP contribution in [0.4, 0.5) is 11.4 Å². The second kappa shape index (κ2) is 6.76. The van der Waals surface area contributed by atoms with Crippen molar-refractivity contribution in [3.05, 3.63) is 53.6 Å². The molecule has 0 aliphatic carbocycles. The summed E-state index contributed by atoms with van der Waals surface area (Å²) in [7, 11) is 0. The molecule has 2 aromatic rings. The first-order chi connectivity index (χ1) is 10.1. The maximum absolute atomic E-state index is 11.8. The number of anilines is 2. The van der Waals surface area contributed by atoms with Crippen LogP contribution in [0.25, 0.3) is 0 Å². The summed E-state index contributed by atoms with van der Waals surface area (Å²) in [5.41, 5.74) is 8.82. The van der Waals surface area contributed by atoms with Crippen LogP contribution >= 0.6 is 0 Å². The molecule has 5 nitrogen and oxygen atoms in total. The molecule has 0 radical (unpaired) electrons. The highest BCUT2D eigenvalue weighted by Crippen LogP contribution is 2.17. The number of nitrogens with one attached hydrogen (secondary N) is 1. The van der Waals surface area contributed by atoms with Crippen LogP contribution < -0.4 is 15.8 Å². The van der Waals surface area contributed by atoms with Gasteiger partial charge in [-0.15, -0.1) is 0 Å². The van der Waals surface area contributed by atoms with E-state index in [4.69, 9.17) is 15.6 Å². The van der Waals surface area contributed by atoms with E-state index in [9.17, 15) is 4.79 Å². The number of hydrogen-bond acceptors (Lipinski definition) is 4. The lowest BCUT2D eigenvalue weighted by Crippen LogP contribution is -2.20. The number of rotatable bonds is 5. The Morgan fingerprint density at radius 2 is 1.95 bits per heavy atom. The Hall–Kier alpha value is -2.53. The van der Waals surface area contributed by atoms with Crippen molar-refractivity contribution in [2.24, 2.45) is 0 Å². The quantitative estimate of drug-likeness (QED) is 0.735. The minimum Gasteiger partial charge on any atom is -0.484 e. The largest absolute Gasteiger partial charge is 0.484 e. The Morgan fingerprint density at radius 1 is 1.24 bits per heavy atom. The lowest BCUT2D eigenvalue weighted by Gasteiger charge is -2.09. The second-order valence-electron chi connectivity index (χ2n) is 4.71. The topological polar surface area (TPSA) is 84.6 Å². The van der Waals surface area contributed by atoms with Crippen LogP contribution in [0.5, 0.6) is 5.75 Å². The molecule has 0 atom stereocenters. The number of nitrogen functional groups attached to an aromatic ring is 1. The molecule has 21 heavy (non-hydrogen) atoms. The van der Waals surface area contributed by atoms with E-state index in [1.165, 1.54) is 0 Å². The van der Waals surface area contributed by atoms with Crippen LogP contribution in [-0.2, 0) is 11.4 Å². The molecule has 0 bridgehead atoms. The summed E-state index contributed by atoms with van der Waals surface area (Å²) in [6.07, 6.45) is 0. The lowest BCUT2D eigenvalue weighted by atomic mass is 10.2. The Bertz CT molecular complexity index is 624. The van der Waals surface area contributed by atoms with Crippen molar-refractivity contribution in [3.8, 4) is 5.75 Å². The fourth-order valence-electron chi connectivity index (χ4n) is 1.76. The van der Waals surface area contributed by atoms with Crippen LogP contribution in [0.15, 0.2) is 42.5 Å². The van der Waals surface area contributed by atoms with E-state index in [-0.39, 0.29) is 19.1 Å². The van der Waals surface area contributed by atoms with Crippen molar-refractivity contribution in [2.75, 3.05) is 17.7 Å². The van der Waals surface area contributed by atoms with Crippen molar-refractivity contribution in [1.29, 1.82) is 0 Å². The Labute approximate surface area is 123 Å². The van der Waals surface area contributed by atoms with Gasteiger partial charge in [-0.2, -0.15) is 0 Å². The van der Waals surface area contributed by atoms with Gasteiger partial charge in [-0.3, -0.25) is 4.79 Å². The summed E-state index contributed by atoms with van der Waals surface area (Å²) < 4.78 is 5.37. The number of amides is 1. The maximum Gasteiger partial charge on any atom is 0.262 e. The number of aryl methyl sites for hydroxylation is 1. The predicted molar refractivity (Wildman–Crippen MR) is 82.1 cm³/mol. The molecule has 110 valence electrons. The highest BCUT2D eigenvalue weighted by atomic mass is 16.5. The first-order valence-electron chi connectivity index (χ1n) is 6.57. The SMILES string of the molecule is Cc1ccc(NC(=O)COc2ccc(CO)cc2)cc1N. The Morgan fingerprint density at radius 3 is 2.57 bits per heavy atom. The van der Waals surface area contributed by atoms with Gasteiger partial charge in [0.15, 0.2) is 6.61 Å². The van der Waals surface area contributed by atoms with Gasteiger partial charge in [-0.05, 0) is 42.3 Å². The fourth-order valence-corrected chi connectivity index (χ4v) is 1.76. The number of aliphatic hydroxyl groups excluding tert-OH is 1. The molecule has 1 amide bonds. The zero-order valence-corrected chi connectivity index (χ0v) is 11.8. The second-order valence-corrected chi connectivity index (χ2v) is 4.71. The van der Waals surface area contributed by atoms with Crippen LogP contribution in [0.3, 0.4) is 0 Å². The molecule has 0 saturated heterocycles. The van der Waals surface area contributed by atoms with E-state index in [2.05, 4.69) is 5.32 Å². The molecule has 2 aromatic carbocycles. The van der Waals surface area contributed by atoms with Gasteiger partial charge < -0.3 is 20.9 Å². The number of aliphatic hydroxyl groups is 1. The van der Waals surface area contributed by atoms with Crippen LogP contribution in [0.2, 0.25) is 0 Å². The van der Waals surface area contributed by atoms with Crippen molar-refractivity contribution in [3.63, 3.8) is 0 Å². The number of carbonyl (C=O) groups excluding carboxylic acids is 1. The molecule has 2 rings (SSSR count). The van der Waals surface area contributed by atoms with E-state index >= 15 is 0 Å². The van der Waals surface area contributed by atoms with E-state index in [0.29, 0.717) is 17.1 Å². The van der Waals surface area contributed by atoms with Gasteiger partial charge in [0.05, 0.1) is 6.61 Å². The third-order valence-electron chi connectivity index (χ3n) is 3.04. The Kier molecular flexibility index (Phi) is 4.79. The van der Waals surface area contributed by atoms with E-state index in [0.717, 1.165) is 11.1 Å². The average Bonchev–Trinajstić information content (AvgIpc) is 2.49. The summed E-state index contributed by atoms with van der Waals surface area (Å²) in [5.74, 6) is 0.315. The summed E-state index contributed by atoms with van der Waals surface area (Å²) in [6, 6.07) is 12.3.